The number of ether oxygens (including phenoxy) is 1. The van der Waals surface area contributed by atoms with Crippen molar-refractivity contribution in [3.8, 4) is 0 Å². The molecule has 3 rings (SSSR count). The van der Waals surface area contributed by atoms with Gasteiger partial charge in [-0.25, -0.2) is 4.98 Å². The number of nitrogens with two attached hydrogens (primary N) is 1. The number of aromatic amines is 1. The number of H-pyrrole nitrogens is 1. The number of rotatable bonds is 2. The number of fused-ring (bicyclic) bond motifs is 1. The Labute approximate surface area is 118 Å². The molecule has 4 atom stereocenters. The fourth-order valence-corrected chi connectivity index (χ4v) is 2.08. The van der Waals surface area contributed by atoms with Crippen LogP contribution in [0.2, 0.25) is 0 Å². The van der Waals surface area contributed by atoms with Crippen LogP contribution >= 0.6 is 0 Å². The highest BCUT2D eigenvalue weighted by Crippen LogP contribution is 2.30. The largest absolute Gasteiger partial charge is 0.412 e. The molecule has 0 aliphatic carbocycles. The standard InChI is InChI=1S/C10H13N5O5.H2O/c11-10-13-7-4(8(19)14-10)12-2-15(7)9-6(18)5(17)3(1-16)20-9;/h2-3,5-6,9,16-18H,1H2,(H3,11,13,14,19);1H2/t3-,5-,6-,9-;/m1./s1/i9D;. The Bertz CT molecular complexity index is 749. The lowest BCUT2D eigenvalue weighted by atomic mass is 10.1. The summed E-state index contributed by atoms with van der Waals surface area (Å²) in [5.41, 5.74) is 4.68. The number of aliphatic hydroxyl groups is 3. The summed E-state index contributed by atoms with van der Waals surface area (Å²) in [5.74, 6) is -0.190. The zero-order valence-electron chi connectivity index (χ0n) is 11.6. The summed E-state index contributed by atoms with van der Waals surface area (Å²) < 4.78 is 14.4. The van der Waals surface area contributed by atoms with Gasteiger partial charge >= 0.3 is 0 Å². The second-order valence-corrected chi connectivity index (χ2v) is 4.35. The minimum Gasteiger partial charge on any atom is -0.412 e. The molecule has 1 saturated heterocycles. The smallest absolute Gasteiger partial charge is 0.280 e. The van der Waals surface area contributed by atoms with Crippen LogP contribution in [0.1, 0.15) is 7.57 Å². The van der Waals surface area contributed by atoms with Crippen LogP contribution in [-0.4, -0.2) is 65.2 Å². The Morgan fingerprint density at radius 3 is 2.86 bits per heavy atom. The van der Waals surface area contributed by atoms with E-state index in [9.17, 15) is 15.0 Å². The van der Waals surface area contributed by atoms with Gasteiger partial charge in [0.05, 0.1) is 14.3 Å². The maximum Gasteiger partial charge on any atom is 0.280 e. The lowest BCUT2D eigenvalue weighted by molar-refractivity contribution is -0.0511. The zero-order chi connectivity index (χ0) is 15.4. The molecule has 1 fully saturated rings. The number of nitrogen functional groups attached to an aromatic ring is 1. The first-order valence-electron chi connectivity index (χ1n) is 6.26. The number of hydrogen-bond acceptors (Lipinski definition) is 8. The molecule has 1 aliphatic rings. The van der Waals surface area contributed by atoms with Gasteiger partial charge < -0.3 is 31.3 Å². The van der Waals surface area contributed by atoms with Crippen LogP contribution in [0, 0.1) is 0 Å². The third kappa shape index (κ3) is 2.26. The normalized spacial score (nSPS) is 32.9. The predicted molar refractivity (Wildman–Crippen MR) is 69.2 cm³/mol. The SMILES string of the molecule is O.[2H][C@@]1(n2cnc3c(=O)[nH]c(N)nc32)O[C@H](CO)[C@@H](O)[C@H]1O. The van der Waals surface area contributed by atoms with Crippen LogP contribution in [0.15, 0.2) is 11.1 Å². The molecule has 116 valence electrons. The molecule has 0 spiro atoms. The molecule has 21 heavy (non-hydrogen) atoms. The molecular weight excluding hydrogens is 286 g/mol. The van der Waals surface area contributed by atoms with E-state index in [-0.39, 0.29) is 22.6 Å². The summed E-state index contributed by atoms with van der Waals surface area (Å²) in [7, 11) is 0. The Kier molecular flexibility index (Phi) is 3.57. The van der Waals surface area contributed by atoms with Gasteiger partial charge in [-0.1, -0.05) is 0 Å². The van der Waals surface area contributed by atoms with Gasteiger partial charge in [0.25, 0.3) is 5.56 Å². The number of imidazole rings is 1. The third-order valence-corrected chi connectivity index (χ3v) is 3.07. The first-order valence-corrected chi connectivity index (χ1v) is 5.76. The molecule has 0 bridgehead atoms. The van der Waals surface area contributed by atoms with Crippen LogP contribution in [-0.2, 0) is 4.74 Å². The van der Waals surface area contributed by atoms with Crippen molar-refractivity contribution in [2.24, 2.45) is 0 Å². The number of nitrogens with one attached hydrogen (secondary N) is 1. The van der Waals surface area contributed by atoms with E-state index in [0.717, 1.165) is 10.9 Å². The first kappa shape index (κ1) is 13.9. The number of hydrogen-bond donors (Lipinski definition) is 5. The number of aromatic nitrogens is 4. The molecule has 0 unspecified atom stereocenters. The molecule has 0 saturated carbocycles. The van der Waals surface area contributed by atoms with Gasteiger partial charge in [-0.3, -0.25) is 14.3 Å². The minimum atomic E-state index is -2.19. The summed E-state index contributed by atoms with van der Waals surface area (Å²) >= 11 is 0. The predicted octanol–water partition coefficient (Wildman–Crippen LogP) is -3.51. The topological polar surface area (TPSA) is 191 Å². The molecule has 11 heteroatoms. The van der Waals surface area contributed by atoms with E-state index in [1.165, 1.54) is 0 Å². The maximum absolute atomic E-state index is 11.7. The van der Waals surface area contributed by atoms with Gasteiger partial charge in [0.1, 0.15) is 18.3 Å². The van der Waals surface area contributed by atoms with E-state index >= 15 is 0 Å². The summed E-state index contributed by atoms with van der Waals surface area (Å²) in [6, 6.07) is 0. The van der Waals surface area contributed by atoms with Crippen LogP contribution in [0.25, 0.3) is 11.2 Å². The van der Waals surface area contributed by atoms with Crippen molar-refractivity contribution in [3.05, 3.63) is 16.7 Å². The monoisotopic (exact) mass is 302 g/mol. The molecule has 0 radical (unpaired) electrons. The quantitative estimate of drug-likeness (QED) is 0.377. The van der Waals surface area contributed by atoms with Gasteiger partial charge in [0.15, 0.2) is 17.4 Å². The van der Waals surface area contributed by atoms with Crippen molar-refractivity contribution < 1.29 is 26.9 Å². The van der Waals surface area contributed by atoms with E-state index < -0.39 is 36.7 Å². The van der Waals surface area contributed by atoms with E-state index in [2.05, 4.69) is 15.0 Å². The summed E-state index contributed by atoms with van der Waals surface area (Å²) in [4.78, 5) is 21.6. The van der Waals surface area contributed by atoms with Gasteiger partial charge in [-0.05, 0) is 0 Å². The molecule has 1 aliphatic heterocycles. The first-order chi connectivity index (χ1) is 9.88. The number of anilines is 1. The van der Waals surface area contributed by atoms with Crippen molar-refractivity contribution in [1.29, 1.82) is 0 Å². The lowest BCUT2D eigenvalue weighted by Gasteiger charge is -2.16. The molecule has 11 nitrogen and oxygen atoms in total. The van der Waals surface area contributed by atoms with Crippen molar-refractivity contribution in [2.75, 3.05) is 12.3 Å². The summed E-state index contributed by atoms with van der Waals surface area (Å²) in [5, 5.41) is 28.9. The Hall–Kier alpha value is -2.05. The van der Waals surface area contributed by atoms with Crippen molar-refractivity contribution in [1.82, 2.24) is 19.5 Å². The van der Waals surface area contributed by atoms with E-state index in [0.29, 0.717) is 0 Å². The fraction of sp³-hybridized carbons (Fsp3) is 0.500. The van der Waals surface area contributed by atoms with E-state index in [1.807, 2.05) is 0 Å². The second kappa shape index (κ2) is 5.38. The third-order valence-electron chi connectivity index (χ3n) is 3.07. The average molecular weight is 302 g/mol. The van der Waals surface area contributed by atoms with Crippen LogP contribution in [0.4, 0.5) is 5.95 Å². The molecule has 3 heterocycles. The minimum absolute atomic E-state index is 0. The molecular formula is C10H15N5O6. The average Bonchev–Trinajstić information content (AvgIpc) is 2.95. The Morgan fingerprint density at radius 1 is 1.52 bits per heavy atom. The highest BCUT2D eigenvalue weighted by molar-refractivity contribution is 5.70. The highest BCUT2D eigenvalue weighted by atomic mass is 16.6. The molecule has 2 aromatic rings. The second-order valence-electron chi connectivity index (χ2n) is 4.35. The zero-order valence-corrected chi connectivity index (χ0v) is 10.6. The van der Waals surface area contributed by atoms with E-state index in [1.54, 1.807) is 0 Å². The number of aliphatic hydroxyl groups excluding tert-OH is 3. The molecule has 2 aromatic heterocycles. The summed E-state index contributed by atoms with van der Waals surface area (Å²) in [6.45, 7) is -0.582. The molecule has 0 amide bonds. The fourth-order valence-electron chi connectivity index (χ4n) is 2.08. The molecule has 0 aromatic carbocycles. The van der Waals surface area contributed by atoms with Crippen LogP contribution in [0.5, 0.6) is 0 Å². The lowest BCUT2D eigenvalue weighted by Crippen LogP contribution is -2.33. The van der Waals surface area contributed by atoms with Crippen LogP contribution in [0.3, 0.4) is 0 Å². The van der Waals surface area contributed by atoms with Crippen molar-refractivity contribution in [3.63, 3.8) is 0 Å². The van der Waals surface area contributed by atoms with Gasteiger partial charge in [-0.15, -0.1) is 0 Å². The maximum atomic E-state index is 11.7. The van der Waals surface area contributed by atoms with Gasteiger partial charge in [0, 0.05) is 0 Å². The Morgan fingerprint density at radius 2 is 2.24 bits per heavy atom. The summed E-state index contributed by atoms with van der Waals surface area (Å²) in [6.07, 6.45) is -5.39. The Balaban J connectivity index is 0.00000176. The number of nitrogens with zero attached hydrogens (tertiary/aromatic N) is 3. The molecule has 8 N–H and O–H groups in total. The van der Waals surface area contributed by atoms with Gasteiger partial charge in [0.2, 0.25) is 5.95 Å². The highest BCUT2D eigenvalue weighted by Gasteiger charge is 2.44. The van der Waals surface area contributed by atoms with E-state index in [4.69, 9.17) is 16.9 Å². The van der Waals surface area contributed by atoms with Crippen molar-refractivity contribution >= 4 is 17.1 Å². The van der Waals surface area contributed by atoms with Gasteiger partial charge in [-0.2, -0.15) is 4.98 Å². The van der Waals surface area contributed by atoms with Crippen molar-refractivity contribution in [2.45, 2.75) is 24.5 Å². The van der Waals surface area contributed by atoms with Crippen LogP contribution < -0.4 is 11.3 Å².